The minimum Gasteiger partial charge on any atom is -0.379 e. The average Bonchev–Trinajstić information content (AvgIpc) is 3.15. The van der Waals surface area contributed by atoms with Gasteiger partial charge in [0.05, 0.1) is 35.0 Å². The van der Waals surface area contributed by atoms with Gasteiger partial charge >= 0.3 is 0 Å². The van der Waals surface area contributed by atoms with Gasteiger partial charge in [-0.05, 0) is 30.7 Å². The number of rotatable bonds is 5. The maximum Gasteiger partial charge on any atom is 0.214 e. The number of hydrogen-bond acceptors (Lipinski definition) is 7. The summed E-state index contributed by atoms with van der Waals surface area (Å²) in [5.41, 5.74) is 6.99. The van der Waals surface area contributed by atoms with Crippen LogP contribution in [0.25, 0.3) is 16.9 Å². The quantitative estimate of drug-likeness (QED) is 0.486. The highest BCUT2D eigenvalue weighted by molar-refractivity contribution is 6.33. The molecule has 2 aromatic heterocycles. The van der Waals surface area contributed by atoms with Crippen molar-refractivity contribution in [3.8, 4) is 5.82 Å². The molecule has 0 unspecified atom stereocenters. The maximum atomic E-state index is 6.46. The molecule has 4 aromatic rings. The lowest BCUT2D eigenvalue weighted by molar-refractivity contribution is 0.0495. The lowest BCUT2D eigenvalue weighted by atomic mass is 10.2. The van der Waals surface area contributed by atoms with Crippen LogP contribution in [0, 0.1) is 6.92 Å². The van der Waals surface area contributed by atoms with Crippen LogP contribution in [0.3, 0.4) is 0 Å². The van der Waals surface area contributed by atoms with Gasteiger partial charge < -0.3 is 15.5 Å². The van der Waals surface area contributed by atoms with Gasteiger partial charge in [0.25, 0.3) is 0 Å². The SMILES string of the molecule is Cc1cccc(Cl)c1Nc1nc2ccccc2n1-c1cc(NN2CCOCC2)ncn1. The number of halogens is 1. The van der Waals surface area contributed by atoms with Crippen LogP contribution >= 0.6 is 11.6 Å². The van der Waals surface area contributed by atoms with Crippen molar-refractivity contribution in [1.29, 1.82) is 0 Å². The molecule has 0 radical (unpaired) electrons. The lowest BCUT2D eigenvalue weighted by Gasteiger charge is -2.27. The van der Waals surface area contributed by atoms with Crippen LogP contribution in [0.15, 0.2) is 54.9 Å². The van der Waals surface area contributed by atoms with E-state index in [2.05, 4.69) is 25.7 Å². The zero-order valence-electron chi connectivity index (χ0n) is 17.0. The van der Waals surface area contributed by atoms with Crippen LogP contribution in [0.5, 0.6) is 0 Å². The molecule has 1 saturated heterocycles. The van der Waals surface area contributed by atoms with Crippen LogP contribution in [0.1, 0.15) is 5.56 Å². The molecule has 3 heterocycles. The van der Waals surface area contributed by atoms with Gasteiger partial charge in [-0.15, -0.1) is 0 Å². The van der Waals surface area contributed by atoms with E-state index in [1.807, 2.05) is 60.0 Å². The molecular weight excluding hydrogens is 414 g/mol. The van der Waals surface area contributed by atoms with E-state index >= 15 is 0 Å². The zero-order valence-corrected chi connectivity index (χ0v) is 17.8. The Balaban J connectivity index is 1.56. The number of ether oxygens (including phenoxy) is 1. The normalized spacial score (nSPS) is 14.6. The first-order valence-corrected chi connectivity index (χ1v) is 10.5. The molecule has 2 aromatic carbocycles. The largest absolute Gasteiger partial charge is 0.379 e. The van der Waals surface area contributed by atoms with Gasteiger partial charge in [0.15, 0.2) is 0 Å². The van der Waals surface area contributed by atoms with Crippen molar-refractivity contribution in [3.63, 3.8) is 0 Å². The molecule has 0 amide bonds. The number of nitrogens with zero attached hydrogens (tertiary/aromatic N) is 5. The molecule has 0 atom stereocenters. The van der Waals surface area contributed by atoms with Crippen molar-refractivity contribution in [2.45, 2.75) is 6.92 Å². The van der Waals surface area contributed by atoms with E-state index in [-0.39, 0.29) is 0 Å². The molecule has 9 heteroatoms. The summed E-state index contributed by atoms with van der Waals surface area (Å²) in [6, 6.07) is 15.7. The number of benzene rings is 2. The summed E-state index contributed by atoms with van der Waals surface area (Å²) in [6.45, 7) is 5.00. The van der Waals surface area contributed by atoms with E-state index < -0.39 is 0 Å². The average molecular weight is 436 g/mol. The van der Waals surface area contributed by atoms with E-state index in [0.29, 0.717) is 35.8 Å². The molecule has 0 bridgehead atoms. The number of aryl methyl sites for hydroxylation is 1. The Labute approximate surface area is 184 Å². The third-order valence-corrected chi connectivity index (χ3v) is 5.50. The highest BCUT2D eigenvalue weighted by Gasteiger charge is 2.17. The van der Waals surface area contributed by atoms with E-state index in [9.17, 15) is 0 Å². The number of fused-ring (bicyclic) bond motifs is 1. The first-order valence-electron chi connectivity index (χ1n) is 10.1. The molecule has 5 rings (SSSR count). The fraction of sp³-hybridized carbons (Fsp3) is 0.227. The number of hydrazine groups is 1. The van der Waals surface area contributed by atoms with Gasteiger partial charge in [0.2, 0.25) is 5.95 Å². The molecule has 0 saturated carbocycles. The van der Waals surface area contributed by atoms with E-state index in [0.717, 1.165) is 35.4 Å². The van der Waals surface area contributed by atoms with Gasteiger partial charge in [-0.3, -0.25) is 4.57 Å². The molecule has 1 aliphatic heterocycles. The second-order valence-electron chi connectivity index (χ2n) is 7.29. The van der Waals surface area contributed by atoms with Crippen LogP contribution in [0.4, 0.5) is 17.5 Å². The van der Waals surface area contributed by atoms with Crippen molar-refractivity contribution in [2.24, 2.45) is 0 Å². The number of morpholine rings is 1. The molecule has 2 N–H and O–H groups in total. The van der Waals surface area contributed by atoms with E-state index in [1.54, 1.807) is 6.33 Å². The minimum atomic E-state index is 0.633. The summed E-state index contributed by atoms with van der Waals surface area (Å²) >= 11 is 6.46. The van der Waals surface area contributed by atoms with Gasteiger partial charge in [-0.25, -0.2) is 20.0 Å². The molecule has 31 heavy (non-hydrogen) atoms. The fourth-order valence-corrected chi connectivity index (χ4v) is 3.88. The predicted octanol–water partition coefficient (Wildman–Crippen LogP) is 4.18. The lowest BCUT2D eigenvalue weighted by Crippen LogP contribution is -2.40. The number of nitrogens with one attached hydrogen (secondary N) is 2. The third-order valence-electron chi connectivity index (χ3n) is 5.19. The van der Waals surface area contributed by atoms with Crippen LogP contribution in [-0.2, 0) is 4.74 Å². The molecule has 0 spiro atoms. The molecule has 1 fully saturated rings. The topological polar surface area (TPSA) is 80.1 Å². The summed E-state index contributed by atoms with van der Waals surface area (Å²) in [5, 5.41) is 6.14. The van der Waals surface area contributed by atoms with Crippen molar-refractivity contribution in [3.05, 3.63) is 65.4 Å². The summed E-state index contributed by atoms with van der Waals surface area (Å²) < 4.78 is 7.39. The van der Waals surface area contributed by atoms with Gasteiger partial charge in [0.1, 0.15) is 18.0 Å². The van der Waals surface area contributed by atoms with Gasteiger partial charge in [-0.2, -0.15) is 0 Å². The Morgan fingerprint density at radius 3 is 2.71 bits per heavy atom. The zero-order chi connectivity index (χ0) is 21.2. The Hall–Kier alpha value is -3.20. The predicted molar refractivity (Wildman–Crippen MR) is 122 cm³/mol. The molecular formula is C22H22ClN7O. The second kappa shape index (κ2) is 8.50. The van der Waals surface area contributed by atoms with Crippen molar-refractivity contribution >= 4 is 40.1 Å². The number of para-hydroxylation sites is 3. The first-order chi connectivity index (χ1) is 15.2. The molecule has 1 aliphatic rings. The monoisotopic (exact) mass is 435 g/mol. The number of hydrogen-bond donors (Lipinski definition) is 2. The van der Waals surface area contributed by atoms with Gasteiger partial charge in [-0.1, -0.05) is 35.9 Å². The standard InChI is InChI=1S/C22H22ClN7O/c1-15-5-4-6-16(23)21(15)27-22-26-17-7-2-3-8-18(17)30(22)20-13-19(24-14-25-20)28-29-9-11-31-12-10-29/h2-8,13-14H,9-12H2,1H3,(H,26,27)(H,24,25,28). The van der Waals surface area contributed by atoms with Crippen LogP contribution in [0.2, 0.25) is 5.02 Å². The number of anilines is 3. The van der Waals surface area contributed by atoms with E-state index in [4.69, 9.17) is 21.3 Å². The smallest absolute Gasteiger partial charge is 0.214 e. The van der Waals surface area contributed by atoms with Crippen LogP contribution < -0.4 is 10.7 Å². The van der Waals surface area contributed by atoms with Crippen LogP contribution in [-0.4, -0.2) is 50.8 Å². The third kappa shape index (κ3) is 4.05. The highest BCUT2D eigenvalue weighted by atomic mass is 35.5. The fourth-order valence-electron chi connectivity index (χ4n) is 3.61. The maximum absolute atomic E-state index is 6.46. The summed E-state index contributed by atoms with van der Waals surface area (Å²) in [5.74, 6) is 2.05. The summed E-state index contributed by atoms with van der Waals surface area (Å²) in [6.07, 6.45) is 1.55. The first kappa shape index (κ1) is 19.7. The highest BCUT2D eigenvalue weighted by Crippen LogP contribution is 2.31. The van der Waals surface area contributed by atoms with Crippen molar-refractivity contribution in [1.82, 2.24) is 24.5 Å². The van der Waals surface area contributed by atoms with E-state index in [1.165, 1.54) is 0 Å². The number of imidazole rings is 1. The molecule has 0 aliphatic carbocycles. The Morgan fingerprint density at radius 1 is 1.03 bits per heavy atom. The van der Waals surface area contributed by atoms with Crippen molar-refractivity contribution < 1.29 is 4.74 Å². The Bertz CT molecular complexity index is 1200. The van der Waals surface area contributed by atoms with Gasteiger partial charge in [0, 0.05) is 19.2 Å². The number of aromatic nitrogens is 4. The Morgan fingerprint density at radius 2 is 1.87 bits per heavy atom. The molecule has 8 nitrogen and oxygen atoms in total. The molecule has 158 valence electrons. The summed E-state index contributed by atoms with van der Waals surface area (Å²) in [7, 11) is 0. The second-order valence-corrected chi connectivity index (χ2v) is 7.70. The van der Waals surface area contributed by atoms with Crippen molar-refractivity contribution in [2.75, 3.05) is 37.0 Å². The Kier molecular flexibility index (Phi) is 5.42. The summed E-state index contributed by atoms with van der Waals surface area (Å²) in [4.78, 5) is 13.7. The minimum absolute atomic E-state index is 0.633.